The smallest absolute Gasteiger partial charge is 0.407 e. The number of nitrogens with one attached hydrogen (secondary N) is 4. The zero-order valence-electron chi connectivity index (χ0n) is 39.1. The maximum atomic E-state index is 14.2. The van der Waals surface area contributed by atoms with Crippen molar-refractivity contribution in [1.29, 1.82) is 0 Å². The first-order valence-corrected chi connectivity index (χ1v) is 25.2. The van der Waals surface area contributed by atoms with Gasteiger partial charge in [0.15, 0.2) is 5.75 Å². The summed E-state index contributed by atoms with van der Waals surface area (Å²) in [6, 6.07) is 9.90. The van der Waals surface area contributed by atoms with Gasteiger partial charge in [0.05, 0.1) is 50.0 Å². The Labute approximate surface area is 405 Å². The van der Waals surface area contributed by atoms with Crippen molar-refractivity contribution < 1.29 is 54.2 Å². The molecule has 2 saturated heterocycles. The number of nitrogens with zero attached hydrogens (tertiary/aromatic N) is 4. The molecule has 70 heavy (non-hydrogen) atoms. The zero-order chi connectivity index (χ0) is 50.5. The van der Waals surface area contributed by atoms with Gasteiger partial charge in [-0.15, -0.1) is 0 Å². The van der Waals surface area contributed by atoms with Crippen LogP contribution >= 0.6 is 0 Å². The number of imidazole rings is 2. The van der Waals surface area contributed by atoms with Gasteiger partial charge in [-0.2, -0.15) is 16.8 Å². The molecule has 2 aromatic heterocycles. The second-order valence-corrected chi connectivity index (χ2v) is 20.2. The molecule has 2 aliphatic rings. The lowest BCUT2D eigenvalue weighted by Gasteiger charge is -2.30. The lowest BCUT2D eigenvalue weighted by Crippen LogP contribution is -2.51. The number of hydrogen-bond donors (Lipinski definition) is 5. The highest BCUT2D eigenvalue weighted by molar-refractivity contribution is 7.87. The summed E-state index contributed by atoms with van der Waals surface area (Å²) < 4.78 is 78.1. The third-order valence-corrected chi connectivity index (χ3v) is 14.2. The molecule has 20 nitrogen and oxygen atoms in total. The maximum Gasteiger partial charge on any atom is 0.407 e. The Morgan fingerprint density at radius 3 is 1.81 bits per heavy atom. The number of hydrogen-bond acceptors (Lipinski definition) is 13. The summed E-state index contributed by atoms with van der Waals surface area (Å²) in [7, 11) is -7.02. The number of ether oxygens (including phenoxy) is 2. The first-order chi connectivity index (χ1) is 33.3. The van der Waals surface area contributed by atoms with Gasteiger partial charge in [-0.3, -0.25) is 14.1 Å². The van der Waals surface area contributed by atoms with E-state index < -0.39 is 61.5 Å². The van der Waals surface area contributed by atoms with Gasteiger partial charge in [0.1, 0.15) is 39.2 Å². The standard InChI is InChI=1S/C48H52N8O12S2/c1-28(2)41(53-47(59)66-5)45(57)55-23-11-17-36(55)43-49-26-32(51-43)14-8-7-13-30-21-22-31(25-38(30)68-70(64,65)40-20-10-15-33-34(40)16-9-19-39(33)69(61,62)63)35-27-50-44(52-35)37-18-12-24-56(37)46(58)42(29(3)4)54-48(60)67-6/h9-10,15-16,19-22,25-29,36-37,41-42H,11-12,17-18,23-24H2,1-6H3,(H,49,51)(H,50,52)(H,53,59)(H,54,60)(H,61,62,63). The minimum absolute atomic E-state index is 0.0238. The summed E-state index contributed by atoms with van der Waals surface area (Å²) in [5.41, 5.74) is 1.38. The molecule has 4 amide bonds. The molecular weight excluding hydrogens is 945 g/mol. The van der Waals surface area contributed by atoms with Crippen LogP contribution in [0.25, 0.3) is 22.0 Å². The molecule has 7 rings (SSSR count). The molecule has 0 saturated carbocycles. The molecule has 2 fully saturated rings. The van der Waals surface area contributed by atoms with E-state index in [1.807, 2.05) is 27.7 Å². The number of likely N-dealkylation sites (tertiary alicyclic amines) is 2. The van der Waals surface area contributed by atoms with Gasteiger partial charge in [0.2, 0.25) is 11.8 Å². The second kappa shape index (κ2) is 21.1. The van der Waals surface area contributed by atoms with Crippen molar-refractivity contribution in [2.24, 2.45) is 11.8 Å². The van der Waals surface area contributed by atoms with Crippen LogP contribution in [0.2, 0.25) is 0 Å². The first-order valence-electron chi connectivity index (χ1n) is 22.3. The average molecular weight is 997 g/mol. The predicted octanol–water partition coefficient (Wildman–Crippen LogP) is 5.46. The molecule has 2 aliphatic heterocycles. The quantitative estimate of drug-likeness (QED) is 0.0557. The molecule has 4 unspecified atom stereocenters. The van der Waals surface area contributed by atoms with E-state index >= 15 is 0 Å². The number of fused-ring (bicyclic) bond motifs is 1. The van der Waals surface area contributed by atoms with Gasteiger partial charge >= 0.3 is 22.3 Å². The van der Waals surface area contributed by atoms with Gasteiger partial charge in [-0.25, -0.2) is 19.6 Å². The monoisotopic (exact) mass is 996 g/mol. The predicted molar refractivity (Wildman–Crippen MR) is 254 cm³/mol. The number of rotatable bonds is 13. The van der Waals surface area contributed by atoms with Crippen molar-refractivity contribution in [3.63, 3.8) is 0 Å². The Kier molecular flexibility index (Phi) is 15.2. The van der Waals surface area contributed by atoms with Gasteiger partial charge in [0.25, 0.3) is 10.1 Å². The molecule has 4 atom stereocenters. The third kappa shape index (κ3) is 11.0. The van der Waals surface area contributed by atoms with Crippen LogP contribution in [0.15, 0.2) is 76.8 Å². The molecule has 0 spiro atoms. The molecule has 5 aromatic rings. The summed E-state index contributed by atoms with van der Waals surface area (Å²) in [6.45, 7) is 8.17. The van der Waals surface area contributed by atoms with Crippen molar-refractivity contribution in [1.82, 2.24) is 40.4 Å². The molecular formula is C48H52N8O12S2. The Balaban J connectivity index is 1.19. The molecule has 368 valence electrons. The van der Waals surface area contributed by atoms with E-state index in [1.54, 1.807) is 15.9 Å². The molecule has 0 aliphatic carbocycles. The highest BCUT2D eigenvalue weighted by Crippen LogP contribution is 2.36. The fourth-order valence-corrected chi connectivity index (χ4v) is 10.4. The number of aromatic amines is 2. The van der Waals surface area contributed by atoms with Crippen LogP contribution in [0, 0.1) is 35.5 Å². The van der Waals surface area contributed by atoms with Gasteiger partial charge in [-0.05, 0) is 85.5 Å². The van der Waals surface area contributed by atoms with Crippen LogP contribution in [-0.2, 0) is 39.3 Å². The minimum Gasteiger partial charge on any atom is -0.453 e. The topological polar surface area (TPSA) is 272 Å². The van der Waals surface area contributed by atoms with E-state index in [0.717, 1.165) is 12.5 Å². The Hall–Kier alpha value is -7.40. The van der Waals surface area contributed by atoms with Crippen LogP contribution in [0.1, 0.15) is 88.4 Å². The fourth-order valence-electron chi connectivity index (χ4n) is 8.53. The molecule has 0 bridgehead atoms. The third-order valence-electron chi connectivity index (χ3n) is 12.0. The molecule has 5 N–H and O–H groups in total. The van der Waals surface area contributed by atoms with Crippen LogP contribution in [0.5, 0.6) is 5.75 Å². The highest BCUT2D eigenvalue weighted by atomic mass is 32.2. The van der Waals surface area contributed by atoms with Gasteiger partial charge in [-0.1, -0.05) is 58.0 Å². The van der Waals surface area contributed by atoms with E-state index in [-0.39, 0.29) is 50.6 Å². The summed E-state index contributed by atoms with van der Waals surface area (Å²) >= 11 is 0. The number of carbonyl (C=O) groups excluding carboxylic acids is 4. The number of methoxy groups -OCH3 is 2. The van der Waals surface area contributed by atoms with Crippen LogP contribution in [0.4, 0.5) is 9.59 Å². The van der Waals surface area contributed by atoms with E-state index in [0.29, 0.717) is 61.0 Å². The largest absolute Gasteiger partial charge is 0.453 e. The summed E-state index contributed by atoms with van der Waals surface area (Å²) in [4.78, 5) is 69.5. The van der Waals surface area contributed by atoms with Crippen molar-refractivity contribution >= 4 is 55.0 Å². The van der Waals surface area contributed by atoms with Crippen molar-refractivity contribution in [3.8, 4) is 40.7 Å². The number of H-pyrrole nitrogens is 2. The summed E-state index contributed by atoms with van der Waals surface area (Å²) in [6.07, 6.45) is 4.22. The van der Waals surface area contributed by atoms with Crippen LogP contribution < -0.4 is 14.8 Å². The van der Waals surface area contributed by atoms with E-state index in [9.17, 15) is 40.6 Å². The normalized spacial score (nSPS) is 16.8. The number of amides is 4. The van der Waals surface area contributed by atoms with Crippen molar-refractivity contribution in [2.45, 2.75) is 87.3 Å². The highest BCUT2D eigenvalue weighted by Gasteiger charge is 2.39. The molecule has 22 heteroatoms. The summed E-state index contributed by atoms with van der Waals surface area (Å²) in [5.74, 6) is 11.0. The second-order valence-electron chi connectivity index (χ2n) is 17.3. The maximum absolute atomic E-state index is 14.2. The van der Waals surface area contributed by atoms with Crippen molar-refractivity contribution in [3.05, 3.63) is 89.9 Å². The molecule has 0 radical (unpaired) electrons. The van der Waals surface area contributed by atoms with E-state index in [1.165, 1.54) is 69.1 Å². The lowest BCUT2D eigenvalue weighted by atomic mass is 10.0. The zero-order valence-corrected chi connectivity index (χ0v) is 40.7. The summed E-state index contributed by atoms with van der Waals surface area (Å²) in [5, 5.41) is 5.18. The Morgan fingerprint density at radius 1 is 0.729 bits per heavy atom. The number of carbonyl (C=O) groups is 4. The van der Waals surface area contributed by atoms with Gasteiger partial charge < -0.3 is 44.1 Å². The van der Waals surface area contributed by atoms with E-state index in [4.69, 9.17) is 13.7 Å². The van der Waals surface area contributed by atoms with E-state index in [2.05, 4.69) is 54.3 Å². The molecule has 3 aromatic carbocycles. The molecule has 4 heterocycles. The Bertz CT molecular complexity index is 3180. The van der Waals surface area contributed by atoms with Crippen LogP contribution in [-0.4, -0.2) is 115 Å². The number of alkyl carbamates (subject to hydrolysis) is 2. The minimum atomic E-state index is -4.74. The van der Waals surface area contributed by atoms with Gasteiger partial charge in [0, 0.05) is 29.4 Å². The number of aromatic nitrogens is 4. The fraction of sp³-hybridized carbons (Fsp3) is 0.375. The van der Waals surface area contributed by atoms with Crippen LogP contribution in [0.3, 0.4) is 0 Å². The number of benzene rings is 3. The first kappa shape index (κ1) is 50.5. The van der Waals surface area contributed by atoms with Crippen molar-refractivity contribution in [2.75, 3.05) is 27.3 Å². The Morgan fingerprint density at radius 2 is 1.26 bits per heavy atom. The average Bonchev–Trinajstić information content (AvgIpc) is 4.18. The lowest BCUT2D eigenvalue weighted by molar-refractivity contribution is -0.136. The SMILES string of the molecule is COC(=O)NC(C(=O)N1CCCC1c1ncc(C#CC#Cc2ccc(-c3cnc(C4CCCN4C(=O)C(NC(=O)OC)C(C)C)[nH]3)cc2OS(=O)(=O)c2cccc3c(S(=O)(=O)O)cccc23)[nH]1)C(C)C.